The van der Waals surface area contributed by atoms with Crippen molar-refractivity contribution in [3.8, 4) is 22.5 Å². The zero-order valence-electron chi connectivity index (χ0n) is 27.9. The molecule has 0 radical (unpaired) electrons. The molecular formula is C47H34N4. The van der Waals surface area contributed by atoms with Crippen molar-refractivity contribution in [3.63, 3.8) is 0 Å². The predicted molar refractivity (Wildman–Crippen MR) is 218 cm³/mol. The fourth-order valence-electron chi connectivity index (χ4n) is 7.69. The lowest BCUT2D eigenvalue weighted by molar-refractivity contribution is 1.18. The molecule has 0 saturated heterocycles. The van der Waals surface area contributed by atoms with Crippen molar-refractivity contribution in [1.29, 1.82) is 5.41 Å². The molecule has 0 aliphatic carbocycles. The summed E-state index contributed by atoms with van der Waals surface area (Å²) in [5, 5.41) is 14.0. The van der Waals surface area contributed by atoms with E-state index in [9.17, 15) is 0 Å². The average molecular weight is 655 g/mol. The number of benzene rings is 7. The Morgan fingerprint density at radius 3 is 1.73 bits per heavy atom. The molecule has 0 unspecified atom stereocenters. The number of nitrogens with zero attached hydrogens (tertiary/aromatic N) is 2. The average Bonchev–Trinajstić information content (AvgIpc) is 3.85. The molecular weight excluding hydrogens is 621 g/mol. The quantitative estimate of drug-likeness (QED) is 0.137. The third-order valence-electron chi connectivity index (χ3n) is 9.77. The lowest BCUT2D eigenvalue weighted by atomic mass is 9.95. The molecule has 2 N–H and O–H groups in total. The molecule has 10 aromatic rings. The van der Waals surface area contributed by atoms with Gasteiger partial charge in [0.15, 0.2) is 0 Å². The second kappa shape index (κ2) is 12.5. The Morgan fingerprint density at radius 2 is 1.06 bits per heavy atom. The molecule has 10 rings (SSSR count). The van der Waals surface area contributed by atoms with Crippen LogP contribution in [-0.2, 0) is 0 Å². The van der Waals surface area contributed by atoms with E-state index in [1.54, 1.807) is 18.2 Å². The fraction of sp³-hybridized carbons (Fsp3) is 0. The van der Waals surface area contributed by atoms with Crippen LogP contribution in [-0.4, -0.2) is 20.3 Å². The molecule has 242 valence electrons. The molecule has 0 saturated carbocycles. The number of hydrogen-bond donors (Lipinski definition) is 2. The van der Waals surface area contributed by atoms with Crippen LogP contribution in [0.1, 0.15) is 0 Å². The Hall–Kier alpha value is -6.91. The van der Waals surface area contributed by atoms with Gasteiger partial charge < -0.3 is 19.5 Å². The normalized spacial score (nSPS) is 11.6. The molecule has 0 fully saturated rings. The standard InChI is InChI=1S/C42H27N3.C5H7N/c1-3-13-28(14-4-1)44-36-21-11-8-17-30(36)34-25-27(23-24-38(34)44)33-26-39-41(42-40(33)31-18-7-10-20-35(31)43-42)32-19-9-12-22-37(32)45(39)29-15-5-2-6-16-29;1-2-3-4-5-6/h1-26,43H;2-6H,1H2/b;4-3-,6-5?. The highest BCUT2D eigenvalue weighted by Gasteiger charge is 2.21. The van der Waals surface area contributed by atoms with Gasteiger partial charge in [0, 0.05) is 55.4 Å². The maximum absolute atomic E-state index is 6.45. The van der Waals surface area contributed by atoms with Crippen molar-refractivity contribution in [2.24, 2.45) is 0 Å². The van der Waals surface area contributed by atoms with Crippen molar-refractivity contribution in [1.82, 2.24) is 14.1 Å². The van der Waals surface area contributed by atoms with Gasteiger partial charge in [0.05, 0.1) is 27.6 Å². The van der Waals surface area contributed by atoms with Gasteiger partial charge in [0.1, 0.15) is 0 Å². The van der Waals surface area contributed by atoms with Gasteiger partial charge in [0.2, 0.25) is 0 Å². The number of fused-ring (bicyclic) bond motifs is 10. The number of H-pyrrole nitrogens is 1. The fourth-order valence-corrected chi connectivity index (χ4v) is 7.69. The van der Waals surface area contributed by atoms with Crippen molar-refractivity contribution >= 4 is 71.6 Å². The highest BCUT2D eigenvalue weighted by atomic mass is 15.0. The summed E-state index contributed by atoms with van der Waals surface area (Å²) in [7, 11) is 0. The van der Waals surface area contributed by atoms with Gasteiger partial charge in [-0.05, 0) is 77.9 Å². The van der Waals surface area contributed by atoms with E-state index >= 15 is 0 Å². The number of aromatic amines is 1. The zero-order chi connectivity index (χ0) is 34.3. The number of para-hydroxylation sites is 5. The second-order valence-electron chi connectivity index (χ2n) is 12.6. The summed E-state index contributed by atoms with van der Waals surface area (Å²) in [6.45, 7) is 3.41. The smallest absolute Gasteiger partial charge is 0.0572 e. The SMILES string of the molecule is C=C/C=C\C=N.c1ccc(-n2c3ccccc3c3cc(-c4cc5c(c6ccccc6n5-c5ccccc5)c5[nH]c6ccccc6c45)ccc32)cc1. The summed E-state index contributed by atoms with van der Waals surface area (Å²) in [5.74, 6) is 0. The summed E-state index contributed by atoms with van der Waals surface area (Å²) in [4.78, 5) is 3.86. The molecule has 0 amide bonds. The van der Waals surface area contributed by atoms with Gasteiger partial charge in [-0.2, -0.15) is 0 Å². The lowest BCUT2D eigenvalue weighted by Gasteiger charge is -2.11. The maximum Gasteiger partial charge on any atom is 0.0572 e. The summed E-state index contributed by atoms with van der Waals surface area (Å²) in [6.07, 6.45) is 6.15. The highest BCUT2D eigenvalue weighted by Crippen LogP contribution is 2.45. The molecule has 4 nitrogen and oxygen atoms in total. The summed E-state index contributed by atoms with van der Waals surface area (Å²) in [6, 6.07) is 57.1. The summed E-state index contributed by atoms with van der Waals surface area (Å²) >= 11 is 0. The van der Waals surface area contributed by atoms with Crippen LogP contribution in [0.25, 0.3) is 87.9 Å². The third-order valence-corrected chi connectivity index (χ3v) is 9.77. The Bertz CT molecular complexity index is 2930. The van der Waals surface area contributed by atoms with Crippen LogP contribution in [0.3, 0.4) is 0 Å². The Labute approximate surface area is 295 Å². The van der Waals surface area contributed by atoms with E-state index in [-0.39, 0.29) is 0 Å². The monoisotopic (exact) mass is 654 g/mol. The van der Waals surface area contributed by atoms with Crippen LogP contribution in [0.5, 0.6) is 0 Å². The molecule has 4 heteroatoms. The molecule has 7 aromatic carbocycles. The molecule has 3 heterocycles. The van der Waals surface area contributed by atoms with Crippen LogP contribution in [0, 0.1) is 5.41 Å². The molecule has 51 heavy (non-hydrogen) atoms. The Kier molecular flexibility index (Phi) is 7.41. The second-order valence-corrected chi connectivity index (χ2v) is 12.6. The van der Waals surface area contributed by atoms with Gasteiger partial charge >= 0.3 is 0 Å². The predicted octanol–water partition coefficient (Wildman–Crippen LogP) is 12.6. The first-order valence-corrected chi connectivity index (χ1v) is 17.2. The molecule has 0 bridgehead atoms. The molecule has 0 aliphatic rings. The van der Waals surface area contributed by atoms with Gasteiger partial charge in [-0.25, -0.2) is 0 Å². The first-order valence-electron chi connectivity index (χ1n) is 17.2. The zero-order valence-corrected chi connectivity index (χ0v) is 27.9. The maximum atomic E-state index is 6.45. The number of nitrogens with one attached hydrogen (secondary N) is 2. The topological polar surface area (TPSA) is 49.5 Å². The van der Waals surface area contributed by atoms with Crippen LogP contribution < -0.4 is 0 Å². The van der Waals surface area contributed by atoms with Crippen molar-refractivity contribution in [2.75, 3.05) is 0 Å². The van der Waals surface area contributed by atoms with Crippen molar-refractivity contribution < 1.29 is 0 Å². The van der Waals surface area contributed by atoms with Gasteiger partial charge in [-0.15, -0.1) is 0 Å². The summed E-state index contributed by atoms with van der Waals surface area (Å²) in [5.41, 5.74) is 11.9. The Morgan fingerprint density at radius 1 is 0.490 bits per heavy atom. The van der Waals surface area contributed by atoms with Crippen LogP contribution in [0.15, 0.2) is 183 Å². The van der Waals surface area contributed by atoms with E-state index in [0.29, 0.717) is 0 Å². The van der Waals surface area contributed by atoms with Gasteiger partial charge in [0.25, 0.3) is 0 Å². The van der Waals surface area contributed by atoms with Crippen LogP contribution in [0.2, 0.25) is 0 Å². The van der Waals surface area contributed by atoms with E-state index in [1.165, 1.54) is 82.9 Å². The van der Waals surface area contributed by atoms with E-state index in [4.69, 9.17) is 5.41 Å². The Balaban J connectivity index is 0.000000538. The van der Waals surface area contributed by atoms with E-state index < -0.39 is 0 Å². The van der Waals surface area contributed by atoms with Crippen LogP contribution >= 0.6 is 0 Å². The largest absolute Gasteiger partial charge is 0.354 e. The van der Waals surface area contributed by atoms with Crippen molar-refractivity contribution in [3.05, 3.63) is 183 Å². The number of hydrogen-bond acceptors (Lipinski definition) is 1. The molecule has 0 atom stereocenters. The van der Waals surface area contributed by atoms with Gasteiger partial charge in [-0.3, -0.25) is 0 Å². The lowest BCUT2D eigenvalue weighted by Crippen LogP contribution is -1.94. The van der Waals surface area contributed by atoms with Gasteiger partial charge in [-0.1, -0.05) is 116 Å². The van der Waals surface area contributed by atoms with Crippen molar-refractivity contribution in [2.45, 2.75) is 0 Å². The first kappa shape index (κ1) is 30.2. The summed E-state index contributed by atoms with van der Waals surface area (Å²) < 4.78 is 4.80. The molecule has 3 aromatic heterocycles. The highest BCUT2D eigenvalue weighted by molar-refractivity contribution is 6.29. The van der Waals surface area contributed by atoms with E-state index in [1.807, 2.05) is 0 Å². The number of rotatable bonds is 5. The van der Waals surface area contributed by atoms with E-state index in [0.717, 1.165) is 11.2 Å². The minimum Gasteiger partial charge on any atom is -0.354 e. The van der Waals surface area contributed by atoms with E-state index in [2.05, 4.69) is 178 Å². The number of allylic oxidation sites excluding steroid dienone is 3. The number of aromatic nitrogens is 3. The minimum absolute atomic E-state index is 1.15. The minimum atomic E-state index is 1.15. The third kappa shape index (κ3) is 4.88. The first-order chi connectivity index (χ1) is 25.3. The molecule has 0 spiro atoms. The van der Waals surface area contributed by atoms with Crippen LogP contribution in [0.4, 0.5) is 0 Å². The molecule has 0 aliphatic heterocycles.